The highest BCUT2D eigenvalue weighted by molar-refractivity contribution is 7.13. The summed E-state index contributed by atoms with van der Waals surface area (Å²) in [6.45, 7) is 0.0714. The molecule has 4 rings (SSSR count). The van der Waals surface area contributed by atoms with Gasteiger partial charge in [-0.3, -0.25) is 9.78 Å². The summed E-state index contributed by atoms with van der Waals surface area (Å²) in [5.41, 5.74) is 2.70. The van der Waals surface area contributed by atoms with Crippen LogP contribution in [0.4, 0.5) is 4.39 Å². The second kappa shape index (κ2) is 8.26. The quantitative estimate of drug-likeness (QED) is 0.436. The molecule has 0 atom stereocenters. The molecule has 3 N–H and O–H groups in total. The van der Waals surface area contributed by atoms with Crippen LogP contribution in [-0.2, 0) is 6.54 Å². The molecule has 0 unspecified atom stereocenters. The lowest BCUT2D eigenvalue weighted by Gasteiger charge is -2.06. The minimum Gasteiger partial charge on any atom is -0.476 e. The molecule has 0 bridgehead atoms. The van der Waals surface area contributed by atoms with E-state index in [0.717, 1.165) is 16.8 Å². The van der Waals surface area contributed by atoms with Crippen LogP contribution in [0.3, 0.4) is 0 Å². The van der Waals surface area contributed by atoms with Gasteiger partial charge in [-0.25, -0.2) is 14.2 Å². The maximum Gasteiger partial charge on any atom is 0.356 e. The van der Waals surface area contributed by atoms with Crippen LogP contribution in [0.2, 0.25) is 0 Å². The van der Waals surface area contributed by atoms with Crippen LogP contribution >= 0.6 is 11.3 Å². The number of thiophene rings is 1. The van der Waals surface area contributed by atoms with E-state index in [-0.39, 0.29) is 24.0 Å². The molecule has 30 heavy (non-hydrogen) atoms. The normalized spacial score (nSPS) is 10.7. The predicted molar refractivity (Wildman–Crippen MR) is 110 cm³/mol. The molecule has 4 aromatic rings. The summed E-state index contributed by atoms with van der Waals surface area (Å²) in [5, 5.41) is 13.6. The Kier molecular flexibility index (Phi) is 5.36. The van der Waals surface area contributed by atoms with Crippen LogP contribution in [0.25, 0.3) is 21.7 Å². The number of H-pyrrole nitrogens is 1. The van der Waals surface area contributed by atoms with Crippen molar-refractivity contribution in [2.75, 3.05) is 0 Å². The third kappa shape index (κ3) is 4.11. The Balaban J connectivity index is 1.60. The van der Waals surface area contributed by atoms with Gasteiger partial charge in [0.1, 0.15) is 11.5 Å². The van der Waals surface area contributed by atoms with Crippen molar-refractivity contribution in [1.29, 1.82) is 0 Å². The number of carbonyl (C=O) groups excluding carboxylic acids is 1. The van der Waals surface area contributed by atoms with E-state index in [4.69, 9.17) is 5.11 Å². The van der Waals surface area contributed by atoms with Gasteiger partial charge in [0.05, 0.1) is 35.2 Å². The van der Waals surface area contributed by atoms with Crippen LogP contribution < -0.4 is 5.32 Å². The van der Waals surface area contributed by atoms with E-state index in [1.165, 1.54) is 29.7 Å². The molecule has 3 aromatic heterocycles. The highest BCUT2D eigenvalue weighted by Gasteiger charge is 2.18. The fourth-order valence-corrected chi connectivity index (χ4v) is 3.57. The van der Waals surface area contributed by atoms with Crippen molar-refractivity contribution in [3.05, 3.63) is 83.1 Å². The Bertz CT molecular complexity index is 1190. The Morgan fingerprint density at radius 1 is 1.13 bits per heavy atom. The van der Waals surface area contributed by atoms with Crippen LogP contribution in [0.15, 0.2) is 60.2 Å². The summed E-state index contributed by atoms with van der Waals surface area (Å²) in [4.78, 5) is 35.6. The predicted octanol–water partition coefficient (Wildman–Crippen LogP) is 3.97. The number of benzene rings is 1. The number of rotatable bonds is 6. The smallest absolute Gasteiger partial charge is 0.356 e. The molecule has 0 aliphatic heterocycles. The molecule has 150 valence electrons. The zero-order valence-corrected chi connectivity index (χ0v) is 16.2. The van der Waals surface area contributed by atoms with Crippen molar-refractivity contribution in [3.8, 4) is 21.7 Å². The average molecular weight is 422 g/mol. The van der Waals surface area contributed by atoms with Crippen molar-refractivity contribution in [2.45, 2.75) is 6.54 Å². The van der Waals surface area contributed by atoms with E-state index in [1.807, 2.05) is 23.6 Å². The number of halogens is 1. The van der Waals surface area contributed by atoms with E-state index in [9.17, 15) is 14.0 Å². The summed E-state index contributed by atoms with van der Waals surface area (Å²) in [6, 6.07) is 11.6. The first-order valence-electron chi connectivity index (χ1n) is 8.86. The van der Waals surface area contributed by atoms with Crippen molar-refractivity contribution in [2.24, 2.45) is 0 Å². The zero-order valence-electron chi connectivity index (χ0n) is 15.4. The van der Waals surface area contributed by atoms with E-state index in [2.05, 4.69) is 20.3 Å². The Morgan fingerprint density at radius 3 is 2.57 bits per heavy atom. The number of hydrogen-bond donors (Lipinski definition) is 3. The van der Waals surface area contributed by atoms with Gasteiger partial charge in [0.25, 0.3) is 5.91 Å². The summed E-state index contributed by atoms with van der Waals surface area (Å²) in [6.07, 6.45) is 2.44. The number of carboxylic acid groups (broad SMARTS) is 1. The molecule has 0 spiro atoms. The molecular weight excluding hydrogens is 407 g/mol. The fourth-order valence-electron chi connectivity index (χ4n) is 2.87. The first kappa shape index (κ1) is 19.5. The molecule has 1 aromatic carbocycles. The SMILES string of the molecule is O=C(O)c1cnc(CNC(=O)c2[nH]c(-c3cccs3)cc2-c2ccc(F)cc2)cn1. The van der Waals surface area contributed by atoms with E-state index >= 15 is 0 Å². The average Bonchev–Trinajstić information content (AvgIpc) is 3.43. The highest BCUT2D eigenvalue weighted by Crippen LogP contribution is 2.32. The zero-order chi connectivity index (χ0) is 21.1. The van der Waals surface area contributed by atoms with Gasteiger partial charge in [-0.2, -0.15) is 0 Å². The fraction of sp³-hybridized carbons (Fsp3) is 0.0476. The van der Waals surface area contributed by atoms with Gasteiger partial charge in [0, 0.05) is 5.56 Å². The summed E-state index contributed by atoms with van der Waals surface area (Å²) in [7, 11) is 0. The number of carbonyl (C=O) groups is 2. The Labute approximate surface area is 174 Å². The Morgan fingerprint density at radius 2 is 1.93 bits per heavy atom. The monoisotopic (exact) mass is 422 g/mol. The number of nitrogens with one attached hydrogen (secondary N) is 2. The van der Waals surface area contributed by atoms with Gasteiger partial charge in [-0.1, -0.05) is 18.2 Å². The number of nitrogens with zero attached hydrogens (tertiary/aromatic N) is 2. The molecular formula is C21H15FN4O3S. The lowest BCUT2D eigenvalue weighted by atomic mass is 10.1. The van der Waals surface area contributed by atoms with Crippen molar-refractivity contribution < 1.29 is 19.1 Å². The first-order chi connectivity index (χ1) is 14.5. The van der Waals surface area contributed by atoms with E-state index in [1.54, 1.807) is 12.1 Å². The highest BCUT2D eigenvalue weighted by atomic mass is 32.1. The summed E-state index contributed by atoms with van der Waals surface area (Å²) >= 11 is 1.53. The lowest BCUT2D eigenvalue weighted by Crippen LogP contribution is -2.24. The van der Waals surface area contributed by atoms with Gasteiger partial charge < -0.3 is 15.4 Å². The van der Waals surface area contributed by atoms with Gasteiger partial charge in [0.2, 0.25) is 0 Å². The molecule has 0 fully saturated rings. The molecule has 0 aliphatic rings. The van der Waals surface area contributed by atoms with Gasteiger partial charge in [-0.05, 0) is 35.2 Å². The first-order valence-corrected chi connectivity index (χ1v) is 9.74. The summed E-state index contributed by atoms with van der Waals surface area (Å²) < 4.78 is 13.3. The van der Waals surface area contributed by atoms with Crippen LogP contribution in [0.5, 0.6) is 0 Å². The second-order valence-corrected chi connectivity index (χ2v) is 7.28. The molecule has 3 heterocycles. The third-order valence-corrected chi connectivity index (χ3v) is 5.24. The van der Waals surface area contributed by atoms with Gasteiger partial charge >= 0.3 is 5.97 Å². The second-order valence-electron chi connectivity index (χ2n) is 6.34. The van der Waals surface area contributed by atoms with Crippen LogP contribution in [-0.4, -0.2) is 31.9 Å². The molecule has 1 amide bonds. The Hall–Kier alpha value is -3.85. The lowest BCUT2D eigenvalue weighted by molar-refractivity contribution is 0.0689. The minimum atomic E-state index is -1.17. The standard InChI is InChI=1S/C21H15FN4O3S/c22-13-5-3-12(4-6-13)15-8-16(18-2-1-7-30-18)26-19(15)20(27)25-10-14-9-24-17(11-23-14)21(28)29/h1-9,11,26H,10H2,(H,25,27)(H,28,29). The van der Waals surface area contributed by atoms with Crippen LogP contribution in [0.1, 0.15) is 26.7 Å². The number of aromatic amines is 1. The number of aromatic carboxylic acids is 1. The van der Waals surface area contributed by atoms with Crippen molar-refractivity contribution in [3.63, 3.8) is 0 Å². The number of amides is 1. The maximum absolute atomic E-state index is 13.3. The van der Waals surface area contributed by atoms with Crippen molar-refractivity contribution in [1.82, 2.24) is 20.3 Å². The van der Waals surface area contributed by atoms with E-state index in [0.29, 0.717) is 22.5 Å². The largest absolute Gasteiger partial charge is 0.476 e. The minimum absolute atomic E-state index is 0.0714. The number of aromatic nitrogens is 3. The number of carboxylic acids is 1. The van der Waals surface area contributed by atoms with Gasteiger partial charge in [0.15, 0.2) is 5.69 Å². The molecule has 7 nitrogen and oxygen atoms in total. The molecule has 0 aliphatic carbocycles. The number of hydrogen-bond acceptors (Lipinski definition) is 5. The molecule has 9 heteroatoms. The van der Waals surface area contributed by atoms with Gasteiger partial charge in [-0.15, -0.1) is 11.3 Å². The third-order valence-electron chi connectivity index (χ3n) is 4.34. The summed E-state index contributed by atoms with van der Waals surface area (Å²) in [5.74, 6) is -1.90. The molecule has 0 radical (unpaired) electrons. The maximum atomic E-state index is 13.3. The molecule has 0 saturated carbocycles. The van der Waals surface area contributed by atoms with Crippen molar-refractivity contribution >= 4 is 23.2 Å². The van der Waals surface area contributed by atoms with Crippen LogP contribution in [0, 0.1) is 5.82 Å². The molecule has 0 saturated heterocycles. The van der Waals surface area contributed by atoms with E-state index < -0.39 is 5.97 Å². The topological polar surface area (TPSA) is 108 Å².